The van der Waals surface area contributed by atoms with Gasteiger partial charge in [0.25, 0.3) is 0 Å². The van der Waals surface area contributed by atoms with Crippen LogP contribution in [0.2, 0.25) is 0 Å². The van der Waals surface area contributed by atoms with Crippen molar-refractivity contribution in [1.29, 1.82) is 0 Å². The molecule has 3 N–H and O–H groups in total. The molecule has 0 saturated carbocycles. The number of likely N-dealkylation sites (tertiary alicyclic amines) is 2. The molecule has 2 fully saturated rings. The fraction of sp³-hybridized carbons (Fsp3) is 0.415. The van der Waals surface area contributed by atoms with Crippen LogP contribution >= 0.6 is 0 Å². The van der Waals surface area contributed by atoms with E-state index in [4.69, 9.17) is 28.9 Å². The van der Waals surface area contributed by atoms with Gasteiger partial charge in [-0.3, -0.25) is 9.69 Å². The minimum atomic E-state index is -0.772. The highest BCUT2D eigenvalue weighted by molar-refractivity contribution is 5.93. The zero-order chi connectivity index (χ0) is 48.3. The molecule has 5 atom stereocenters. The molecule has 0 spiro atoms. The van der Waals surface area contributed by atoms with E-state index in [0.29, 0.717) is 65.9 Å². The first kappa shape index (κ1) is 45.7. The fourth-order valence-electron chi connectivity index (χ4n) is 10.5. The van der Waals surface area contributed by atoms with E-state index < -0.39 is 29.8 Å². The molecule has 0 aliphatic carbocycles. The number of alkyl carbamates (subject to hydrolysis) is 1. The van der Waals surface area contributed by atoms with Gasteiger partial charge in [0.15, 0.2) is 0 Å². The van der Waals surface area contributed by atoms with E-state index in [9.17, 15) is 14.4 Å². The SMILES string of the molecule is C=CC[C@@H]1CC[C@@H](c2ncc(-c3ccc4c(c3)cc3n4C(c4ccc5c(c4)OCCC5)Oc4cc(-c5cnc([C@@H]6CCCN6C(=O)[C@@H](NC(=O)OC)C(C)C)[nH]5)cc(F)c4-3)[nH]2)N1C(=O)OC(C)(C)C. The Balaban J connectivity index is 0.995. The minimum Gasteiger partial charge on any atom is -0.493 e. The van der Waals surface area contributed by atoms with E-state index in [1.165, 1.54) is 13.2 Å². The van der Waals surface area contributed by atoms with Crippen LogP contribution in [0.15, 0.2) is 79.6 Å². The normalized spacial score (nSPS) is 20.2. The van der Waals surface area contributed by atoms with Gasteiger partial charge in [0, 0.05) is 34.7 Å². The molecule has 2 saturated heterocycles. The molecule has 10 rings (SSSR count). The van der Waals surface area contributed by atoms with Crippen LogP contribution in [0, 0.1) is 11.7 Å². The first-order chi connectivity index (χ1) is 33.2. The van der Waals surface area contributed by atoms with Crippen molar-refractivity contribution in [2.45, 2.75) is 116 Å². The number of amides is 3. The van der Waals surface area contributed by atoms with Crippen molar-refractivity contribution in [3.8, 4) is 45.3 Å². The van der Waals surface area contributed by atoms with E-state index in [1.54, 1.807) is 22.2 Å². The zero-order valence-corrected chi connectivity index (χ0v) is 39.9. The number of hydrogen-bond acceptors (Lipinski definition) is 9. The van der Waals surface area contributed by atoms with Gasteiger partial charge in [-0.25, -0.2) is 23.9 Å². The number of hydrogen-bond donors (Lipinski definition) is 3. The van der Waals surface area contributed by atoms with Crippen LogP contribution in [-0.2, 0) is 20.7 Å². The average molecular weight is 939 g/mol. The van der Waals surface area contributed by atoms with Crippen molar-refractivity contribution in [3.05, 3.63) is 108 Å². The van der Waals surface area contributed by atoms with Crippen molar-refractivity contribution >= 4 is 29.0 Å². The molecule has 7 heterocycles. The molecule has 3 aromatic carbocycles. The summed E-state index contributed by atoms with van der Waals surface area (Å²) in [5, 5.41) is 3.56. The van der Waals surface area contributed by atoms with E-state index in [-0.39, 0.29) is 36.0 Å². The summed E-state index contributed by atoms with van der Waals surface area (Å²) in [5.74, 6) is 1.57. The van der Waals surface area contributed by atoms with Gasteiger partial charge in [-0.1, -0.05) is 38.1 Å². The van der Waals surface area contributed by atoms with Gasteiger partial charge in [-0.15, -0.1) is 6.58 Å². The van der Waals surface area contributed by atoms with Crippen molar-refractivity contribution in [2.75, 3.05) is 20.3 Å². The molecule has 69 heavy (non-hydrogen) atoms. The summed E-state index contributed by atoms with van der Waals surface area (Å²) >= 11 is 0. The lowest BCUT2D eigenvalue weighted by molar-refractivity contribution is -0.135. The van der Waals surface area contributed by atoms with Crippen LogP contribution in [0.3, 0.4) is 0 Å². The molecule has 15 nitrogen and oxygen atoms in total. The van der Waals surface area contributed by atoms with Crippen molar-refractivity contribution in [3.63, 3.8) is 0 Å². The van der Waals surface area contributed by atoms with E-state index >= 15 is 4.39 Å². The standard InChI is InChI=1S/C53H59FN8O7/c1-8-11-35-17-19-41(61(35)52(65)69-53(4,5)6)48-56-27-37(57-48)31-16-18-39-34(22-31)24-42-45-36(54)23-33(26-44(45)68-50(62(39)42)32-15-14-30-12-10-21-67-43(30)25-32)38-28-55-47(58-38)40-13-9-20-60(40)49(63)46(29(2)3)59-51(64)66-7/h8,14-16,18,22-29,35,40-41,46,50H,1,9-13,17,19-21H2,2-7H3,(H,55,58)(H,56,57)(H,59,64)/t35-,40+,41+,46+,50?/m1/s1. The number of halogens is 1. The first-order valence-corrected chi connectivity index (χ1v) is 24.0. The molecule has 4 aliphatic rings. The number of H-pyrrole nitrogens is 2. The van der Waals surface area contributed by atoms with E-state index in [2.05, 4.69) is 40.1 Å². The van der Waals surface area contributed by atoms with Crippen molar-refractivity contribution < 1.29 is 37.7 Å². The van der Waals surface area contributed by atoms with Crippen LogP contribution in [0.5, 0.6) is 11.5 Å². The Morgan fingerprint density at radius 3 is 2.45 bits per heavy atom. The van der Waals surface area contributed by atoms with Crippen LogP contribution in [0.1, 0.15) is 114 Å². The van der Waals surface area contributed by atoms with Crippen LogP contribution < -0.4 is 14.8 Å². The van der Waals surface area contributed by atoms with Gasteiger partial charge >= 0.3 is 12.2 Å². The zero-order valence-electron chi connectivity index (χ0n) is 39.9. The maximum absolute atomic E-state index is 17.0. The number of benzene rings is 3. The smallest absolute Gasteiger partial charge is 0.411 e. The molecule has 6 aromatic rings. The predicted octanol–water partition coefficient (Wildman–Crippen LogP) is 10.6. The van der Waals surface area contributed by atoms with Gasteiger partial charge < -0.3 is 43.7 Å². The highest BCUT2D eigenvalue weighted by Gasteiger charge is 2.42. The Morgan fingerprint density at radius 2 is 1.71 bits per heavy atom. The summed E-state index contributed by atoms with van der Waals surface area (Å²) in [6.45, 7) is 14.4. The quantitative estimate of drug-likeness (QED) is 0.113. The summed E-state index contributed by atoms with van der Waals surface area (Å²) < 4.78 is 42.7. The Bertz CT molecular complexity index is 2970. The largest absolute Gasteiger partial charge is 0.493 e. The lowest BCUT2D eigenvalue weighted by Crippen LogP contribution is -2.51. The van der Waals surface area contributed by atoms with Gasteiger partial charge in [-0.05, 0) is 114 Å². The molecular weight excluding hydrogens is 880 g/mol. The number of carbonyl (C=O) groups excluding carboxylic acids is 3. The second kappa shape index (κ2) is 18.1. The van der Waals surface area contributed by atoms with Crippen LogP contribution in [-0.4, -0.2) is 90.3 Å². The lowest BCUT2D eigenvalue weighted by Gasteiger charge is -2.31. The fourth-order valence-corrected chi connectivity index (χ4v) is 10.5. The number of fused-ring (bicyclic) bond motifs is 6. The van der Waals surface area contributed by atoms with Gasteiger partial charge in [0.05, 0.1) is 66.4 Å². The third-order valence-corrected chi connectivity index (χ3v) is 13.8. The van der Waals surface area contributed by atoms with Crippen LogP contribution in [0.4, 0.5) is 14.0 Å². The first-order valence-electron chi connectivity index (χ1n) is 24.0. The number of imidazole rings is 2. The van der Waals surface area contributed by atoms with E-state index in [0.717, 1.165) is 71.1 Å². The Hall–Kier alpha value is -7.10. The Morgan fingerprint density at radius 1 is 0.942 bits per heavy atom. The minimum absolute atomic E-state index is 0.0462. The maximum Gasteiger partial charge on any atom is 0.411 e. The molecule has 360 valence electrons. The third kappa shape index (κ3) is 8.58. The Kier molecular flexibility index (Phi) is 12.0. The molecule has 0 bridgehead atoms. The Labute approximate surface area is 400 Å². The van der Waals surface area contributed by atoms with Gasteiger partial charge in [0.1, 0.15) is 40.6 Å². The summed E-state index contributed by atoms with van der Waals surface area (Å²) in [6, 6.07) is 16.1. The molecule has 16 heteroatoms. The number of aryl methyl sites for hydroxylation is 1. The number of nitrogens with zero attached hydrogens (tertiary/aromatic N) is 5. The number of aromatic amines is 2. The van der Waals surface area contributed by atoms with E-state index in [1.807, 2.05) is 75.6 Å². The summed E-state index contributed by atoms with van der Waals surface area (Å²) in [4.78, 5) is 59.5. The molecule has 3 amide bonds. The van der Waals surface area contributed by atoms with Crippen LogP contribution in [0.25, 0.3) is 44.7 Å². The summed E-state index contributed by atoms with van der Waals surface area (Å²) in [5.41, 5.74) is 5.93. The number of carbonyl (C=O) groups is 3. The number of ether oxygens (including phenoxy) is 4. The highest BCUT2D eigenvalue weighted by atomic mass is 19.1. The molecule has 4 aliphatic heterocycles. The van der Waals surface area contributed by atoms with Crippen molar-refractivity contribution in [2.24, 2.45) is 5.92 Å². The molecule has 0 radical (unpaired) electrons. The number of aromatic nitrogens is 5. The number of rotatable bonds is 10. The van der Waals surface area contributed by atoms with Gasteiger partial charge in [0.2, 0.25) is 12.1 Å². The monoisotopic (exact) mass is 938 g/mol. The number of methoxy groups -OCH3 is 1. The maximum atomic E-state index is 17.0. The molecule has 1 unspecified atom stereocenters. The highest BCUT2D eigenvalue weighted by Crippen LogP contribution is 2.48. The second-order valence-electron chi connectivity index (χ2n) is 19.9. The third-order valence-electron chi connectivity index (χ3n) is 13.8. The summed E-state index contributed by atoms with van der Waals surface area (Å²) in [7, 11) is 1.27. The topological polar surface area (TPSA) is 169 Å². The second-order valence-corrected chi connectivity index (χ2v) is 19.9. The van der Waals surface area contributed by atoms with Gasteiger partial charge in [-0.2, -0.15) is 0 Å². The molecule has 3 aromatic heterocycles. The lowest BCUT2D eigenvalue weighted by atomic mass is 10.0. The predicted molar refractivity (Wildman–Crippen MR) is 258 cm³/mol. The molecular formula is C53H59FN8O7. The average Bonchev–Trinajstić information content (AvgIpc) is 4.19. The summed E-state index contributed by atoms with van der Waals surface area (Å²) in [6.07, 6.45) is 9.07. The van der Waals surface area contributed by atoms with Crippen molar-refractivity contribution in [1.82, 2.24) is 39.6 Å². The number of nitrogens with one attached hydrogen (secondary N) is 3.